The van der Waals surface area contributed by atoms with Crippen LogP contribution in [0.4, 0.5) is 18.9 Å². The van der Waals surface area contributed by atoms with Crippen molar-refractivity contribution in [3.8, 4) is 17.1 Å². The van der Waals surface area contributed by atoms with Crippen molar-refractivity contribution < 1.29 is 18.3 Å². The molecule has 10 nitrogen and oxygen atoms in total. The van der Waals surface area contributed by atoms with Gasteiger partial charge < -0.3 is 10.8 Å². The second-order valence-electron chi connectivity index (χ2n) is 6.88. The van der Waals surface area contributed by atoms with Crippen LogP contribution in [0.25, 0.3) is 17.1 Å². The molecule has 0 saturated carbocycles. The fraction of sp³-hybridized carbons (Fsp3) is 0.211. The van der Waals surface area contributed by atoms with E-state index in [1.54, 1.807) is 6.07 Å². The lowest BCUT2D eigenvalue weighted by Crippen LogP contribution is -2.35. The van der Waals surface area contributed by atoms with Crippen LogP contribution in [0.15, 0.2) is 53.8 Å². The highest BCUT2D eigenvalue weighted by atomic mass is 35.5. The minimum absolute atomic E-state index is 0.109. The van der Waals surface area contributed by atoms with E-state index in [2.05, 4.69) is 20.2 Å². The first-order chi connectivity index (χ1) is 15.8. The Morgan fingerprint density at radius 1 is 1.12 bits per heavy atom. The zero-order chi connectivity index (χ0) is 23.7. The quantitative estimate of drug-likeness (QED) is 0.414. The van der Waals surface area contributed by atoms with E-state index in [1.165, 1.54) is 47.7 Å². The number of aliphatic hydroxyl groups is 1. The lowest BCUT2D eigenvalue weighted by molar-refractivity contribution is -0.0723. The second-order valence-corrected chi connectivity index (χ2v) is 7.31. The zero-order valence-electron chi connectivity index (χ0n) is 16.6. The Labute approximate surface area is 188 Å². The van der Waals surface area contributed by atoms with Gasteiger partial charge in [0.15, 0.2) is 17.8 Å². The van der Waals surface area contributed by atoms with E-state index in [0.29, 0.717) is 21.0 Å². The predicted octanol–water partition coefficient (Wildman–Crippen LogP) is 2.07. The van der Waals surface area contributed by atoms with Crippen LogP contribution in [0.5, 0.6) is 0 Å². The summed E-state index contributed by atoms with van der Waals surface area (Å²) in [5, 5.41) is 18.2. The first-order valence-corrected chi connectivity index (χ1v) is 9.80. The summed E-state index contributed by atoms with van der Waals surface area (Å²) in [5.41, 5.74) is 5.86. The van der Waals surface area contributed by atoms with E-state index in [-0.39, 0.29) is 23.8 Å². The number of nitrogens with zero attached hydrogens (tertiary/aromatic N) is 7. The fourth-order valence-corrected chi connectivity index (χ4v) is 3.15. The van der Waals surface area contributed by atoms with E-state index >= 15 is 0 Å². The summed E-state index contributed by atoms with van der Waals surface area (Å²) in [6.07, 6.45) is -4.61. The molecule has 1 aromatic carbocycles. The number of alkyl halides is 3. The first kappa shape index (κ1) is 22.5. The maximum absolute atomic E-state index is 14.8. The molecule has 0 aliphatic rings. The van der Waals surface area contributed by atoms with Gasteiger partial charge in [-0.1, -0.05) is 11.6 Å². The van der Waals surface area contributed by atoms with Gasteiger partial charge in [-0.25, -0.2) is 36.9 Å². The molecule has 1 unspecified atom stereocenters. The van der Waals surface area contributed by atoms with Crippen LogP contribution < -0.4 is 11.4 Å². The number of benzene rings is 1. The Balaban J connectivity index is 1.74. The lowest BCUT2D eigenvalue weighted by Gasteiger charge is -2.16. The lowest BCUT2D eigenvalue weighted by atomic mass is 10.2. The fourth-order valence-electron chi connectivity index (χ4n) is 3.02. The minimum Gasteiger partial charge on any atom is -0.397 e. The predicted molar refractivity (Wildman–Crippen MR) is 112 cm³/mol. The Morgan fingerprint density at radius 2 is 1.85 bits per heavy atom. The molecule has 0 aliphatic carbocycles. The number of pyridine rings is 1. The highest BCUT2D eigenvalue weighted by Gasteiger charge is 2.33. The van der Waals surface area contributed by atoms with Gasteiger partial charge >= 0.3 is 5.69 Å². The molecule has 3 aromatic heterocycles. The van der Waals surface area contributed by atoms with Crippen molar-refractivity contribution in [3.63, 3.8) is 0 Å². The standard InChI is InChI=1S/C19H16ClF3N8O2/c20-11-3-1-10(2-4-11)18-28-29(19(33)31(18)17(23)15(32)16(21)22)8-14-26-9-30(27-14)13-7-25-6-5-12(13)24/h1-7,9,15-17,32H,8H2,(H2,24,25)/t15-,17?/m1/s1. The minimum atomic E-state index is -3.42. The molecule has 0 aliphatic heterocycles. The zero-order valence-corrected chi connectivity index (χ0v) is 17.4. The molecule has 0 fully saturated rings. The molecule has 172 valence electrons. The van der Waals surface area contributed by atoms with E-state index in [0.717, 1.165) is 4.68 Å². The van der Waals surface area contributed by atoms with Gasteiger partial charge in [-0.2, -0.15) is 0 Å². The highest BCUT2D eigenvalue weighted by molar-refractivity contribution is 6.30. The van der Waals surface area contributed by atoms with Crippen molar-refractivity contribution in [2.75, 3.05) is 5.73 Å². The Hall–Kier alpha value is -3.71. The number of aliphatic hydroxyl groups excluding tert-OH is 1. The summed E-state index contributed by atoms with van der Waals surface area (Å²) < 4.78 is 43.2. The van der Waals surface area contributed by atoms with Gasteiger partial charge in [0, 0.05) is 16.8 Å². The topological polar surface area (TPSA) is 130 Å². The summed E-state index contributed by atoms with van der Waals surface area (Å²) in [6, 6.07) is 7.36. The van der Waals surface area contributed by atoms with Crippen molar-refractivity contribution in [1.82, 2.24) is 34.1 Å². The molecular weight excluding hydrogens is 465 g/mol. The summed E-state index contributed by atoms with van der Waals surface area (Å²) in [7, 11) is 0. The molecule has 0 bridgehead atoms. The molecule has 2 atom stereocenters. The number of hydrogen-bond donors (Lipinski definition) is 2. The van der Waals surface area contributed by atoms with Crippen LogP contribution in [0.2, 0.25) is 5.02 Å². The van der Waals surface area contributed by atoms with Gasteiger partial charge in [0.25, 0.3) is 6.43 Å². The number of aromatic nitrogens is 7. The molecule has 0 amide bonds. The highest BCUT2D eigenvalue weighted by Crippen LogP contribution is 2.25. The van der Waals surface area contributed by atoms with Crippen LogP contribution in [0.3, 0.4) is 0 Å². The average Bonchev–Trinajstić information content (AvgIpc) is 3.38. The van der Waals surface area contributed by atoms with Crippen LogP contribution in [-0.4, -0.2) is 51.7 Å². The third-order valence-electron chi connectivity index (χ3n) is 4.67. The number of halogens is 4. The van der Waals surface area contributed by atoms with Crippen molar-refractivity contribution in [1.29, 1.82) is 0 Å². The normalized spacial score (nSPS) is 13.4. The van der Waals surface area contributed by atoms with Crippen molar-refractivity contribution in [2.45, 2.75) is 25.4 Å². The summed E-state index contributed by atoms with van der Waals surface area (Å²) >= 11 is 5.86. The van der Waals surface area contributed by atoms with Crippen molar-refractivity contribution in [3.05, 3.63) is 70.4 Å². The molecule has 33 heavy (non-hydrogen) atoms. The van der Waals surface area contributed by atoms with E-state index in [1.807, 2.05) is 0 Å². The molecule has 3 N–H and O–H groups in total. The maximum atomic E-state index is 14.8. The van der Waals surface area contributed by atoms with Gasteiger partial charge in [-0.15, -0.1) is 10.2 Å². The summed E-state index contributed by atoms with van der Waals surface area (Å²) in [5.74, 6) is -0.169. The monoisotopic (exact) mass is 480 g/mol. The van der Waals surface area contributed by atoms with Crippen molar-refractivity contribution >= 4 is 17.3 Å². The molecule has 4 aromatic rings. The smallest absolute Gasteiger partial charge is 0.349 e. The number of nitrogen functional groups attached to an aromatic ring is 1. The first-order valence-electron chi connectivity index (χ1n) is 9.42. The van der Waals surface area contributed by atoms with Crippen LogP contribution in [-0.2, 0) is 6.54 Å². The Bertz CT molecular complexity index is 1320. The SMILES string of the molecule is Nc1ccncc1-n1cnc(Cn2nc(-c3ccc(Cl)cc3)n(C(F)[C@H](O)C(F)F)c2=O)n1. The third kappa shape index (κ3) is 4.45. The molecule has 4 rings (SSSR count). The molecule has 0 spiro atoms. The van der Waals surface area contributed by atoms with Gasteiger partial charge in [0.05, 0.1) is 11.9 Å². The van der Waals surface area contributed by atoms with Gasteiger partial charge in [0.1, 0.15) is 18.6 Å². The number of nitrogens with two attached hydrogens (primary N) is 1. The van der Waals surface area contributed by atoms with E-state index in [9.17, 15) is 23.1 Å². The van der Waals surface area contributed by atoms with Gasteiger partial charge in [-0.05, 0) is 30.3 Å². The van der Waals surface area contributed by atoms with Crippen LogP contribution >= 0.6 is 11.6 Å². The Morgan fingerprint density at radius 3 is 2.52 bits per heavy atom. The average molecular weight is 481 g/mol. The maximum Gasteiger partial charge on any atom is 0.349 e. The molecular formula is C19H16ClF3N8O2. The summed E-state index contributed by atoms with van der Waals surface area (Å²) in [4.78, 5) is 20.9. The van der Waals surface area contributed by atoms with E-state index < -0.39 is 24.5 Å². The van der Waals surface area contributed by atoms with Crippen LogP contribution in [0, 0.1) is 0 Å². The molecule has 14 heteroatoms. The Kier molecular flexibility index (Phi) is 6.16. The number of hydrogen-bond acceptors (Lipinski definition) is 7. The third-order valence-corrected chi connectivity index (χ3v) is 4.92. The second kappa shape index (κ2) is 9.03. The van der Waals surface area contributed by atoms with Crippen molar-refractivity contribution in [2.24, 2.45) is 0 Å². The molecule has 0 saturated heterocycles. The summed E-state index contributed by atoms with van der Waals surface area (Å²) in [6.45, 7) is -0.308. The molecule has 0 radical (unpaired) electrons. The van der Waals surface area contributed by atoms with Crippen LogP contribution in [0.1, 0.15) is 12.1 Å². The number of rotatable bonds is 7. The largest absolute Gasteiger partial charge is 0.397 e. The van der Waals surface area contributed by atoms with Gasteiger partial charge in [-0.3, -0.25) is 4.98 Å². The van der Waals surface area contributed by atoms with Gasteiger partial charge in [0.2, 0.25) is 6.30 Å². The number of anilines is 1. The molecule has 3 heterocycles. The van der Waals surface area contributed by atoms with E-state index in [4.69, 9.17) is 17.3 Å².